The molecule has 86 valence electrons. The molecule has 2 aliphatic carbocycles. The van der Waals surface area contributed by atoms with Crippen LogP contribution in [0.5, 0.6) is 0 Å². The van der Waals surface area contributed by atoms with Gasteiger partial charge in [-0.05, 0) is 25.7 Å². The van der Waals surface area contributed by atoms with Crippen LogP contribution in [0, 0.1) is 0 Å². The van der Waals surface area contributed by atoms with Gasteiger partial charge in [0.05, 0.1) is 11.1 Å². The highest BCUT2D eigenvalue weighted by Crippen LogP contribution is 2.35. The normalized spacial score (nSPS) is 26.3. The maximum atomic E-state index is 11.8. The Kier molecular flexibility index (Phi) is 2.51. The van der Waals surface area contributed by atoms with Crippen LogP contribution in [0.4, 0.5) is 0 Å². The SMILES string of the molecule is CN(CC1(O)CCCC1)C(=O)C1(N)CC1. The van der Waals surface area contributed by atoms with Crippen molar-refractivity contribution < 1.29 is 9.90 Å². The third-order valence-electron chi connectivity index (χ3n) is 3.63. The number of hydrogen-bond acceptors (Lipinski definition) is 3. The van der Waals surface area contributed by atoms with Crippen molar-refractivity contribution in [3.8, 4) is 0 Å². The number of nitrogens with zero attached hydrogens (tertiary/aromatic N) is 1. The third-order valence-corrected chi connectivity index (χ3v) is 3.63. The first-order valence-electron chi connectivity index (χ1n) is 5.72. The van der Waals surface area contributed by atoms with E-state index in [1.54, 1.807) is 11.9 Å². The third kappa shape index (κ3) is 2.16. The molecule has 0 heterocycles. The molecule has 0 unspecified atom stereocenters. The van der Waals surface area contributed by atoms with Crippen LogP contribution in [0.3, 0.4) is 0 Å². The van der Waals surface area contributed by atoms with E-state index in [9.17, 15) is 9.90 Å². The smallest absolute Gasteiger partial charge is 0.242 e. The number of hydrogen-bond donors (Lipinski definition) is 2. The van der Waals surface area contributed by atoms with E-state index in [4.69, 9.17) is 5.73 Å². The molecule has 0 aromatic rings. The molecule has 1 amide bonds. The molecule has 0 atom stereocenters. The largest absolute Gasteiger partial charge is 0.388 e. The number of carbonyl (C=O) groups excluding carboxylic acids is 1. The van der Waals surface area contributed by atoms with Crippen LogP contribution in [-0.4, -0.2) is 40.6 Å². The van der Waals surface area contributed by atoms with Crippen molar-refractivity contribution in [3.05, 3.63) is 0 Å². The molecule has 0 bridgehead atoms. The van der Waals surface area contributed by atoms with Crippen LogP contribution < -0.4 is 5.73 Å². The summed E-state index contributed by atoms with van der Waals surface area (Å²) in [6, 6.07) is 0. The second kappa shape index (κ2) is 3.46. The Morgan fingerprint density at radius 1 is 1.33 bits per heavy atom. The number of aliphatic hydroxyl groups is 1. The second-order valence-electron chi connectivity index (χ2n) is 5.25. The van der Waals surface area contributed by atoms with Crippen molar-refractivity contribution in [2.24, 2.45) is 5.73 Å². The molecule has 0 aromatic carbocycles. The standard InChI is InChI=1S/C11H20N2O2/c1-13(9(14)11(12)6-7-11)8-10(15)4-2-3-5-10/h15H,2-8,12H2,1H3. The number of nitrogens with two attached hydrogens (primary N) is 1. The van der Waals surface area contributed by atoms with Crippen LogP contribution in [0.2, 0.25) is 0 Å². The van der Waals surface area contributed by atoms with E-state index in [1.165, 1.54) is 0 Å². The van der Waals surface area contributed by atoms with Gasteiger partial charge in [-0.3, -0.25) is 4.79 Å². The van der Waals surface area contributed by atoms with Crippen molar-refractivity contribution in [2.75, 3.05) is 13.6 Å². The van der Waals surface area contributed by atoms with Gasteiger partial charge >= 0.3 is 0 Å². The fourth-order valence-corrected chi connectivity index (χ4v) is 2.43. The number of amides is 1. The highest BCUT2D eigenvalue weighted by Gasteiger charge is 2.48. The summed E-state index contributed by atoms with van der Waals surface area (Å²) in [5.41, 5.74) is 4.57. The fourth-order valence-electron chi connectivity index (χ4n) is 2.43. The van der Waals surface area contributed by atoms with Gasteiger partial charge in [0, 0.05) is 13.6 Å². The highest BCUT2D eigenvalue weighted by molar-refractivity contribution is 5.88. The topological polar surface area (TPSA) is 66.6 Å². The highest BCUT2D eigenvalue weighted by atomic mass is 16.3. The number of carbonyl (C=O) groups is 1. The maximum Gasteiger partial charge on any atom is 0.242 e. The second-order valence-corrected chi connectivity index (χ2v) is 5.25. The van der Waals surface area contributed by atoms with Gasteiger partial charge in [-0.25, -0.2) is 0 Å². The van der Waals surface area contributed by atoms with Gasteiger partial charge in [-0.15, -0.1) is 0 Å². The van der Waals surface area contributed by atoms with E-state index in [0.29, 0.717) is 6.54 Å². The van der Waals surface area contributed by atoms with Crippen LogP contribution >= 0.6 is 0 Å². The summed E-state index contributed by atoms with van der Waals surface area (Å²) in [4.78, 5) is 13.5. The Labute approximate surface area is 90.4 Å². The quantitative estimate of drug-likeness (QED) is 0.704. The molecular formula is C11H20N2O2. The lowest BCUT2D eigenvalue weighted by Gasteiger charge is -2.30. The number of likely N-dealkylation sites (N-methyl/N-ethyl adjacent to an activating group) is 1. The molecule has 2 aliphatic rings. The lowest BCUT2D eigenvalue weighted by Crippen LogP contribution is -2.49. The molecule has 0 saturated heterocycles. The minimum atomic E-state index is -0.657. The average Bonchev–Trinajstić information content (AvgIpc) is 2.78. The lowest BCUT2D eigenvalue weighted by atomic mass is 10.0. The zero-order valence-corrected chi connectivity index (χ0v) is 9.33. The molecule has 0 aromatic heterocycles. The molecule has 4 nitrogen and oxygen atoms in total. The van der Waals surface area contributed by atoms with E-state index in [0.717, 1.165) is 38.5 Å². The number of rotatable bonds is 3. The van der Waals surface area contributed by atoms with E-state index in [2.05, 4.69) is 0 Å². The minimum Gasteiger partial charge on any atom is -0.388 e. The molecule has 15 heavy (non-hydrogen) atoms. The predicted molar refractivity (Wildman–Crippen MR) is 57.2 cm³/mol. The Balaban J connectivity index is 1.91. The van der Waals surface area contributed by atoms with Crippen LogP contribution in [0.25, 0.3) is 0 Å². The first-order chi connectivity index (χ1) is 6.95. The molecule has 3 N–H and O–H groups in total. The van der Waals surface area contributed by atoms with Crippen molar-refractivity contribution in [1.29, 1.82) is 0 Å². The van der Waals surface area contributed by atoms with Crippen LogP contribution in [-0.2, 0) is 4.79 Å². The first-order valence-corrected chi connectivity index (χ1v) is 5.72. The summed E-state index contributed by atoms with van der Waals surface area (Å²) in [5, 5.41) is 10.2. The van der Waals surface area contributed by atoms with Crippen molar-refractivity contribution in [1.82, 2.24) is 4.90 Å². The summed E-state index contributed by atoms with van der Waals surface area (Å²) in [5.74, 6) is -0.0113. The van der Waals surface area contributed by atoms with E-state index >= 15 is 0 Å². The van der Waals surface area contributed by atoms with Gasteiger partial charge in [-0.1, -0.05) is 12.8 Å². The molecule has 2 saturated carbocycles. The molecule has 2 fully saturated rings. The molecule has 0 aliphatic heterocycles. The summed E-state index contributed by atoms with van der Waals surface area (Å²) < 4.78 is 0. The van der Waals surface area contributed by atoms with Crippen molar-refractivity contribution in [3.63, 3.8) is 0 Å². The zero-order chi connectivity index (χ0) is 11.1. The Morgan fingerprint density at radius 3 is 2.33 bits per heavy atom. The monoisotopic (exact) mass is 212 g/mol. The first kappa shape index (κ1) is 10.9. The summed E-state index contributed by atoms with van der Waals surface area (Å²) in [6.07, 6.45) is 5.31. The molecule has 0 spiro atoms. The molecule has 4 heteroatoms. The minimum absolute atomic E-state index is 0.0113. The van der Waals surface area contributed by atoms with Gasteiger partial charge in [0.2, 0.25) is 5.91 Å². The van der Waals surface area contributed by atoms with Gasteiger partial charge in [0.15, 0.2) is 0 Å². The maximum absolute atomic E-state index is 11.8. The van der Waals surface area contributed by atoms with Crippen molar-refractivity contribution >= 4 is 5.91 Å². The average molecular weight is 212 g/mol. The fraction of sp³-hybridized carbons (Fsp3) is 0.909. The predicted octanol–water partition coefficient (Wildman–Crippen LogP) is 0.241. The van der Waals surface area contributed by atoms with Gasteiger partial charge < -0.3 is 15.7 Å². The van der Waals surface area contributed by atoms with Crippen molar-refractivity contribution in [2.45, 2.75) is 49.7 Å². The van der Waals surface area contributed by atoms with E-state index in [-0.39, 0.29) is 5.91 Å². The Bertz CT molecular complexity index is 268. The lowest BCUT2D eigenvalue weighted by molar-refractivity contribution is -0.135. The van der Waals surface area contributed by atoms with Gasteiger partial charge in [0.1, 0.15) is 0 Å². The Hall–Kier alpha value is -0.610. The van der Waals surface area contributed by atoms with E-state index < -0.39 is 11.1 Å². The molecule has 2 rings (SSSR count). The summed E-state index contributed by atoms with van der Waals surface area (Å²) in [6.45, 7) is 0.435. The van der Waals surface area contributed by atoms with Crippen LogP contribution in [0.15, 0.2) is 0 Å². The molecule has 0 radical (unpaired) electrons. The van der Waals surface area contributed by atoms with E-state index in [1.807, 2.05) is 0 Å². The molecular weight excluding hydrogens is 192 g/mol. The van der Waals surface area contributed by atoms with Gasteiger partial charge in [0.25, 0.3) is 0 Å². The van der Waals surface area contributed by atoms with Gasteiger partial charge in [-0.2, -0.15) is 0 Å². The zero-order valence-electron chi connectivity index (χ0n) is 9.33. The summed E-state index contributed by atoms with van der Waals surface area (Å²) >= 11 is 0. The summed E-state index contributed by atoms with van der Waals surface area (Å²) in [7, 11) is 1.74. The van der Waals surface area contributed by atoms with Crippen LogP contribution in [0.1, 0.15) is 38.5 Å². The Morgan fingerprint density at radius 2 is 1.87 bits per heavy atom.